The number of anilines is 1. The normalized spacial score (nSPS) is 17.2. The number of alkyl halides is 3. The van der Waals surface area contributed by atoms with Crippen LogP contribution in [0.25, 0.3) is 11.4 Å². The number of aromatic nitrogens is 2. The summed E-state index contributed by atoms with van der Waals surface area (Å²) < 4.78 is 58.6. The molecule has 0 aliphatic carbocycles. The molecule has 1 amide bonds. The SMILES string of the molecule is O=C(CN1CCCC(c2nc(-c3cccc(F)c3)no2)C1)Nc1ccc(Cl)cc1C(F)(F)F. The second-order valence-corrected chi connectivity index (χ2v) is 8.21. The van der Waals surface area contributed by atoms with Crippen molar-refractivity contribution in [3.8, 4) is 11.4 Å². The summed E-state index contributed by atoms with van der Waals surface area (Å²) >= 11 is 5.68. The van der Waals surface area contributed by atoms with Crippen molar-refractivity contribution in [3.05, 3.63) is 64.8 Å². The van der Waals surface area contributed by atoms with Gasteiger partial charge in [-0.2, -0.15) is 18.2 Å². The van der Waals surface area contributed by atoms with Gasteiger partial charge < -0.3 is 9.84 Å². The van der Waals surface area contributed by atoms with Crippen molar-refractivity contribution in [2.24, 2.45) is 0 Å². The number of rotatable bonds is 5. The Balaban J connectivity index is 1.40. The molecule has 0 saturated carbocycles. The van der Waals surface area contributed by atoms with Crippen LogP contribution in [0.4, 0.5) is 23.2 Å². The van der Waals surface area contributed by atoms with Crippen LogP contribution in [0.1, 0.15) is 30.2 Å². The van der Waals surface area contributed by atoms with Gasteiger partial charge in [0.2, 0.25) is 17.6 Å². The van der Waals surface area contributed by atoms with Crippen LogP contribution in [0.3, 0.4) is 0 Å². The first-order valence-electron chi connectivity index (χ1n) is 10.2. The molecule has 33 heavy (non-hydrogen) atoms. The molecule has 1 unspecified atom stereocenters. The number of amides is 1. The second-order valence-electron chi connectivity index (χ2n) is 7.78. The van der Waals surface area contributed by atoms with Gasteiger partial charge >= 0.3 is 6.18 Å². The molecule has 1 N–H and O–H groups in total. The third kappa shape index (κ3) is 5.69. The van der Waals surface area contributed by atoms with E-state index >= 15 is 0 Å². The topological polar surface area (TPSA) is 71.3 Å². The highest BCUT2D eigenvalue weighted by Gasteiger charge is 2.34. The fraction of sp³-hybridized carbons (Fsp3) is 0.318. The summed E-state index contributed by atoms with van der Waals surface area (Å²) in [5, 5.41) is 6.17. The Hall–Kier alpha value is -2.98. The Kier molecular flexibility index (Phi) is 6.66. The van der Waals surface area contributed by atoms with Gasteiger partial charge in [-0.05, 0) is 49.7 Å². The highest BCUT2D eigenvalue weighted by Crippen LogP contribution is 2.36. The maximum atomic E-state index is 13.5. The molecule has 2 heterocycles. The zero-order chi connectivity index (χ0) is 23.6. The summed E-state index contributed by atoms with van der Waals surface area (Å²) in [4.78, 5) is 18.7. The smallest absolute Gasteiger partial charge is 0.339 e. The Bertz CT molecular complexity index is 1150. The molecule has 1 saturated heterocycles. The molecule has 1 fully saturated rings. The number of piperidine rings is 1. The molecule has 6 nitrogen and oxygen atoms in total. The predicted octanol–water partition coefficient (Wildman–Crippen LogP) is 5.37. The van der Waals surface area contributed by atoms with E-state index in [1.807, 2.05) is 4.90 Å². The molecule has 1 aliphatic heterocycles. The lowest BCUT2D eigenvalue weighted by atomic mass is 9.98. The molecule has 4 rings (SSSR count). The summed E-state index contributed by atoms with van der Waals surface area (Å²) in [6.07, 6.45) is -3.16. The number of benzene rings is 2. The lowest BCUT2D eigenvalue weighted by molar-refractivity contribution is -0.137. The number of halogens is 5. The van der Waals surface area contributed by atoms with Gasteiger partial charge in [-0.1, -0.05) is 28.9 Å². The molecule has 1 aromatic heterocycles. The first-order chi connectivity index (χ1) is 15.7. The number of nitrogens with one attached hydrogen (secondary N) is 1. The highest BCUT2D eigenvalue weighted by atomic mass is 35.5. The van der Waals surface area contributed by atoms with Gasteiger partial charge in [-0.3, -0.25) is 9.69 Å². The van der Waals surface area contributed by atoms with Crippen LogP contribution in [-0.4, -0.2) is 40.6 Å². The molecule has 3 aromatic rings. The predicted molar refractivity (Wildman–Crippen MR) is 113 cm³/mol. The number of hydrogen-bond acceptors (Lipinski definition) is 5. The van der Waals surface area contributed by atoms with E-state index in [1.54, 1.807) is 12.1 Å². The molecule has 0 radical (unpaired) electrons. The van der Waals surface area contributed by atoms with E-state index in [9.17, 15) is 22.4 Å². The van der Waals surface area contributed by atoms with Gasteiger partial charge in [0.05, 0.1) is 23.7 Å². The number of nitrogens with zero attached hydrogens (tertiary/aromatic N) is 3. The van der Waals surface area contributed by atoms with Crippen molar-refractivity contribution in [2.75, 3.05) is 25.0 Å². The van der Waals surface area contributed by atoms with Crippen LogP contribution < -0.4 is 5.32 Å². The Morgan fingerprint density at radius 2 is 2.06 bits per heavy atom. The molecule has 0 spiro atoms. The minimum atomic E-state index is -4.65. The first-order valence-corrected chi connectivity index (χ1v) is 10.6. The first kappa shape index (κ1) is 23.2. The van der Waals surface area contributed by atoms with Crippen LogP contribution in [0, 0.1) is 5.82 Å². The maximum absolute atomic E-state index is 13.5. The molecule has 0 bridgehead atoms. The van der Waals surface area contributed by atoms with E-state index in [2.05, 4.69) is 15.5 Å². The van der Waals surface area contributed by atoms with Gasteiger partial charge in [0.15, 0.2) is 0 Å². The van der Waals surface area contributed by atoms with Crippen molar-refractivity contribution in [1.29, 1.82) is 0 Å². The fourth-order valence-electron chi connectivity index (χ4n) is 3.80. The van der Waals surface area contributed by atoms with E-state index in [1.165, 1.54) is 18.2 Å². The Labute approximate surface area is 191 Å². The standard InChI is InChI=1S/C22H19ClF4N4O2/c23-15-6-7-18(17(10-15)22(25,26)27)28-19(32)12-31-8-2-4-14(11-31)21-29-20(30-33-21)13-3-1-5-16(24)9-13/h1,3,5-7,9-10,14H,2,4,8,11-12H2,(H,28,32). The summed E-state index contributed by atoms with van der Waals surface area (Å²) in [5.41, 5.74) is -0.863. The van der Waals surface area contributed by atoms with Crippen molar-refractivity contribution in [1.82, 2.24) is 15.0 Å². The molecule has 11 heteroatoms. The van der Waals surface area contributed by atoms with Gasteiger partial charge in [0, 0.05) is 17.1 Å². The van der Waals surface area contributed by atoms with Crippen molar-refractivity contribution < 1.29 is 26.9 Å². The third-order valence-electron chi connectivity index (χ3n) is 5.31. The van der Waals surface area contributed by atoms with E-state index in [-0.39, 0.29) is 29.0 Å². The zero-order valence-corrected chi connectivity index (χ0v) is 18.0. The number of carbonyl (C=O) groups excluding carboxylic acids is 1. The largest absolute Gasteiger partial charge is 0.418 e. The average Bonchev–Trinajstić information content (AvgIpc) is 3.25. The lowest BCUT2D eigenvalue weighted by Crippen LogP contribution is -2.40. The Morgan fingerprint density at radius 1 is 1.24 bits per heavy atom. The number of hydrogen-bond donors (Lipinski definition) is 1. The lowest BCUT2D eigenvalue weighted by Gasteiger charge is -2.30. The highest BCUT2D eigenvalue weighted by molar-refractivity contribution is 6.30. The van der Waals surface area contributed by atoms with Gasteiger partial charge in [0.25, 0.3) is 0 Å². The summed E-state index contributed by atoms with van der Waals surface area (Å²) in [6, 6.07) is 9.03. The second kappa shape index (κ2) is 9.48. The Morgan fingerprint density at radius 3 is 2.82 bits per heavy atom. The average molecular weight is 483 g/mol. The molecule has 174 valence electrons. The minimum Gasteiger partial charge on any atom is -0.339 e. The quantitative estimate of drug-likeness (QED) is 0.495. The summed E-state index contributed by atoms with van der Waals surface area (Å²) in [7, 11) is 0. The zero-order valence-electron chi connectivity index (χ0n) is 17.2. The summed E-state index contributed by atoms with van der Waals surface area (Å²) in [5.74, 6) is -0.502. The molecular formula is C22H19ClF4N4O2. The van der Waals surface area contributed by atoms with Crippen LogP contribution in [0.15, 0.2) is 47.0 Å². The van der Waals surface area contributed by atoms with E-state index in [4.69, 9.17) is 16.1 Å². The monoisotopic (exact) mass is 482 g/mol. The summed E-state index contributed by atoms with van der Waals surface area (Å²) in [6.45, 7) is 0.924. The fourth-order valence-corrected chi connectivity index (χ4v) is 3.97. The van der Waals surface area contributed by atoms with Crippen molar-refractivity contribution in [2.45, 2.75) is 24.9 Å². The van der Waals surface area contributed by atoms with Crippen LogP contribution in [0.2, 0.25) is 5.02 Å². The third-order valence-corrected chi connectivity index (χ3v) is 5.54. The number of likely N-dealkylation sites (tertiary alicyclic amines) is 1. The van der Waals surface area contributed by atoms with Crippen molar-refractivity contribution >= 4 is 23.2 Å². The van der Waals surface area contributed by atoms with Crippen molar-refractivity contribution in [3.63, 3.8) is 0 Å². The van der Waals surface area contributed by atoms with Gasteiger partial charge in [-0.25, -0.2) is 4.39 Å². The van der Waals surface area contributed by atoms with Gasteiger partial charge in [-0.15, -0.1) is 0 Å². The van der Waals surface area contributed by atoms with E-state index in [0.717, 1.165) is 25.0 Å². The molecule has 1 aliphatic rings. The molecular weight excluding hydrogens is 464 g/mol. The minimum absolute atomic E-state index is 0.0728. The molecule has 1 atom stereocenters. The van der Waals surface area contributed by atoms with Gasteiger partial charge in [0.1, 0.15) is 5.82 Å². The van der Waals surface area contributed by atoms with E-state index in [0.29, 0.717) is 24.5 Å². The maximum Gasteiger partial charge on any atom is 0.418 e. The van der Waals surface area contributed by atoms with E-state index < -0.39 is 23.5 Å². The number of carbonyl (C=O) groups is 1. The molecule has 2 aromatic carbocycles. The van der Waals surface area contributed by atoms with Crippen LogP contribution in [0.5, 0.6) is 0 Å². The van der Waals surface area contributed by atoms with Crippen LogP contribution >= 0.6 is 11.6 Å². The van der Waals surface area contributed by atoms with Crippen LogP contribution in [-0.2, 0) is 11.0 Å².